The van der Waals surface area contributed by atoms with Gasteiger partial charge in [-0.25, -0.2) is 4.98 Å². The van der Waals surface area contributed by atoms with Crippen LogP contribution in [0.4, 0.5) is 0 Å². The Morgan fingerprint density at radius 2 is 2.05 bits per heavy atom. The number of aliphatic hydroxyl groups is 1. The third kappa shape index (κ3) is 2.90. The summed E-state index contributed by atoms with van der Waals surface area (Å²) in [4.78, 5) is 4.32. The van der Waals surface area contributed by atoms with Gasteiger partial charge in [-0.05, 0) is 40.2 Å². The normalized spacial score (nSPS) is 26.1. The van der Waals surface area contributed by atoms with Crippen molar-refractivity contribution in [3.63, 3.8) is 0 Å². The zero-order valence-electron chi connectivity index (χ0n) is 12.3. The van der Waals surface area contributed by atoms with Gasteiger partial charge >= 0.3 is 0 Å². The van der Waals surface area contributed by atoms with Gasteiger partial charge in [0.2, 0.25) is 5.88 Å². The average Bonchev–Trinajstić information content (AvgIpc) is 2.56. The summed E-state index contributed by atoms with van der Waals surface area (Å²) in [6.45, 7) is 8.16. The van der Waals surface area contributed by atoms with Crippen LogP contribution in [0.25, 0.3) is 0 Å². The molecular formula is C15H23NO3. The molecule has 19 heavy (non-hydrogen) atoms. The summed E-state index contributed by atoms with van der Waals surface area (Å²) in [6.07, 6.45) is 0.159. The van der Waals surface area contributed by atoms with Crippen molar-refractivity contribution < 1.29 is 14.6 Å². The maximum atomic E-state index is 10.6. The molecule has 1 saturated heterocycles. The minimum atomic E-state index is -0.646. The van der Waals surface area contributed by atoms with E-state index < -0.39 is 6.10 Å². The number of hydrogen-bond acceptors (Lipinski definition) is 4. The molecule has 106 valence electrons. The van der Waals surface area contributed by atoms with Gasteiger partial charge in [-0.2, -0.15) is 0 Å². The number of pyridine rings is 1. The molecule has 2 rings (SSSR count). The van der Waals surface area contributed by atoms with Crippen molar-refractivity contribution in [1.82, 2.24) is 4.98 Å². The second kappa shape index (κ2) is 4.76. The van der Waals surface area contributed by atoms with Crippen LogP contribution in [0.15, 0.2) is 18.2 Å². The maximum Gasteiger partial charge on any atom is 0.213 e. The van der Waals surface area contributed by atoms with E-state index >= 15 is 0 Å². The van der Waals surface area contributed by atoms with Crippen LogP contribution in [0.1, 0.15) is 45.9 Å². The highest BCUT2D eigenvalue weighted by atomic mass is 16.5. The Labute approximate surface area is 114 Å². The van der Waals surface area contributed by atoms with E-state index in [1.165, 1.54) is 0 Å². The number of hydrogen-bond donors (Lipinski definition) is 1. The molecule has 4 nitrogen and oxygen atoms in total. The minimum absolute atomic E-state index is 0.0158. The first-order chi connectivity index (χ1) is 8.75. The molecule has 1 aliphatic heterocycles. The lowest BCUT2D eigenvalue weighted by atomic mass is 9.82. The molecule has 1 aliphatic rings. The van der Waals surface area contributed by atoms with E-state index in [0.717, 1.165) is 6.42 Å². The number of ether oxygens (including phenoxy) is 2. The van der Waals surface area contributed by atoms with Crippen molar-refractivity contribution in [2.75, 3.05) is 7.11 Å². The van der Waals surface area contributed by atoms with E-state index in [4.69, 9.17) is 9.47 Å². The smallest absolute Gasteiger partial charge is 0.213 e. The summed E-state index contributed by atoms with van der Waals surface area (Å²) in [6, 6.07) is 5.45. The van der Waals surface area contributed by atoms with Gasteiger partial charge in [-0.1, -0.05) is 6.07 Å². The number of methoxy groups -OCH3 is 1. The van der Waals surface area contributed by atoms with Crippen molar-refractivity contribution in [3.8, 4) is 5.88 Å². The summed E-state index contributed by atoms with van der Waals surface area (Å²) >= 11 is 0. The molecule has 0 saturated carbocycles. The number of aliphatic hydroxyl groups excluding tert-OH is 1. The van der Waals surface area contributed by atoms with Crippen LogP contribution in [0.3, 0.4) is 0 Å². The molecule has 0 aromatic carbocycles. The summed E-state index contributed by atoms with van der Waals surface area (Å²) in [5, 5.41) is 10.6. The molecule has 2 heterocycles. The monoisotopic (exact) mass is 265 g/mol. The van der Waals surface area contributed by atoms with Gasteiger partial charge < -0.3 is 14.6 Å². The fourth-order valence-electron chi connectivity index (χ4n) is 3.01. The van der Waals surface area contributed by atoms with Crippen LogP contribution < -0.4 is 4.74 Å². The largest absolute Gasteiger partial charge is 0.481 e. The van der Waals surface area contributed by atoms with E-state index in [-0.39, 0.29) is 17.1 Å². The van der Waals surface area contributed by atoms with Gasteiger partial charge in [0.15, 0.2) is 0 Å². The predicted molar refractivity (Wildman–Crippen MR) is 73.1 cm³/mol. The lowest BCUT2D eigenvalue weighted by Crippen LogP contribution is -2.33. The number of nitrogens with zero attached hydrogens (tertiary/aromatic N) is 1. The fraction of sp³-hybridized carbons (Fsp3) is 0.667. The second-order valence-corrected chi connectivity index (χ2v) is 6.33. The molecule has 0 spiro atoms. The van der Waals surface area contributed by atoms with E-state index in [2.05, 4.69) is 18.8 Å². The van der Waals surface area contributed by atoms with Gasteiger partial charge in [0.05, 0.1) is 24.0 Å². The highest BCUT2D eigenvalue weighted by Gasteiger charge is 2.49. The zero-order chi connectivity index (χ0) is 14.3. The van der Waals surface area contributed by atoms with Crippen molar-refractivity contribution in [2.45, 2.75) is 51.4 Å². The third-order valence-corrected chi connectivity index (χ3v) is 3.78. The molecule has 1 fully saturated rings. The van der Waals surface area contributed by atoms with Crippen LogP contribution in [0.2, 0.25) is 0 Å². The second-order valence-electron chi connectivity index (χ2n) is 6.33. The molecule has 0 aliphatic carbocycles. The predicted octanol–water partition coefficient (Wildman–Crippen LogP) is 2.72. The fourth-order valence-corrected chi connectivity index (χ4v) is 3.01. The Morgan fingerprint density at radius 3 is 2.58 bits per heavy atom. The van der Waals surface area contributed by atoms with E-state index in [1.54, 1.807) is 13.2 Å². The Morgan fingerprint density at radius 1 is 1.37 bits per heavy atom. The third-order valence-electron chi connectivity index (χ3n) is 3.78. The van der Waals surface area contributed by atoms with E-state index in [9.17, 15) is 5.11 Å². The molecule has 1 N–H and O–H groups in total. The van der Waals surface area contributed by atoms with Gasteiger partial charge in [0.1, 0.15) is 6.10 Å². The quantitative estimate of drug-likeness (QED) is 0.913. The van der Waals surface area contributed by atoms with Crippen molar-refractivity contribution >= 4 is 0 Å². The van der Waals surface area contributed by atoms with Crippen molar-refractivity contribution in [1.29, 1.82) is 0 Å². The molecule has 0 bridgehead atoms. The average molecular weight is 265 g/mol. The molecule has 2 atom stereocenters. The van der Waals surface area contributed by atoms with Crippen LogP contribution in [0, 0.1) is 5.92 Å². The van der Waals surface area contributed by atoms with Crippen LogP contribution in [0.5, 0.6) is 5.88 Å². The summed E-state index contributed by atoms with van der Waals surface area (Å²) in [5.41, 5.74) is 0.0560. The number of rotatable bonds is 3. The summed E-state index contributed by atoms with van der Waals surface area (Å²) < 4.78 is 11.1. The maximum absolute atomic E-state index is 10.6. The van der Waals surface area contributed by atoms with Gasteiger partial charge in [-0.15, -0.1) is 0 Å². The first-order valence-corrected chi connectivity index (χ1v) is 6.64. The molecule has 4 heteroatoms. The number of aromatic nitrogens is 1. The van der Waals surface area contributed by atoms with Gasteiger partial charge in [0, 0.05) is 12.0 Å². The highest BCUT2D eigenvalue weighted by molar-refractivity contribution is 5.19. The molecule has 2 unspecified atom stereocenters. The molecule has 1 aromatic heterocycles. The Bertz CT molecular complexity index is 456. The highest BCUT2D eigenvalue weighted by Crippen LogP contribution is 2.47. The molecule has 0 amide bonds. The SMILES string of the molecule is COc1cccc(C(O)C2CC(C)(C)OC2(C)C)n1. The lowest BCUT2D eigenvalue weighted by Gasteiger charge is -2.30. The van der Waals surface area contributed by atoms with Crippen LogP contribution >= 0.6 is 0 Å². The van der Waals surface area contributed by atoms with Crippen molar-refractivity contribution in [3.05, 3.63) is 23.9 Å². The Balaban J connectivity index is 2.26. The molecular weight excluding hydrogens is 242 g/mol. The first kappa shape index (κ1) is 14.3. The lowest BCUT2D eigenvalue weighted by molar-refractivity contribution is -0.0884. The molecule has 1 aromatic rings. The van der Waals surface area contributed by atoms with Crippen molar-refractivity contribution in [2.24, 2.45) is 5.92 Å². The summed E-state index contributed by atoms with van der Waals surface area (Å²) in [7, 11) is 1.57. The van der Waals surface area contributed by atoms with Gasteiger partial charge in [-0.3, -0.25) is 0 Å². The standard InChI is InChI=1S/C15H23NO3/c1-14(2)9-10(15(3,4)19-14)13(17)11-7-6-8-12(16-11)18-5/h6-8,10,13,17H,9H2,1-5H3. The minimum Gasteiger partial charge on any atom is -0.481 e. The van der Waals surface area contributed by atoms with Gasteiger partial charge in [0.25, 0.3) is 0 Å². The molecule has 0 radical (unpaired) electrons. The topological polar surface area (TPSA) is 51.6 Å². The van der Waals surface area contributed by atoms with Crippen LogP contribution in [-0.4, -0.2) is 28.4 Å². The zero-order valence-corrected chi connectivity index (χ0v) is 12.3. The van der Waals surface area contributed by atoms with E-state index in [1.807, 2.05) is 26.0 Å². The Kier molecular flexibility index (Phi) is 3.58. The first-order valence-electron chi connectivity index (χ1n) is 6.64. The summed E-state index contributed by atoms with van der Waals surface area (Å²) in [5.74, 6) is 0.537. The Hall–Kier alpha value is -1.13. The van der Waals surface area contributed by atoms with Crippen LogP contribution in [-0.2, 0) is 4.74 Å². The van der Waals surface area contributed by atoms with E-state index in [0.29, 0.717) is 11.6 Å².